The largest absolute Gasteiger partial charge is 0.341 e. The van der Waals surface area contributed by atoms with Crippen LogP contribution in [0.3, 0.4) is 0 Å². The van der Waals surface area contributed by atoms with E-state index in [0.29, 0.717) is 17.6 Å². The Hall–Kier alpha value is -1.89. The molecule has 0 aromatic carbocycles. The SMILES string of the molecule is C[C@@H]1C[C@@H](C)CN(C(=O)CSc2nnc(-c3ccncc3)n2C)C1. The van der Waals surface area contributed by atoms with Crippen LogP contribution >= 0.6 is 11.8 Å². The molecule has 2 atom stereocenters. The van der Waals surface area contributed by atoms with Gasteiger partial charge in [0, 0.05) is 38.1 Å². The van der Waals surface area contributed by atoms with Crippen LogP contribution in [-0.4, -0.2) is 49.4 Å². The van der Waals surface area contributed by atoms with Crippen LogP contribution < -0.4 is 0 Å². The Morgan fingerprint density at radius 1 is 1.21 bits per heavy atom. The Morgan fingerprint density at radius 3 is 2.54 bits per heavy atom. The number of likely N-dealkylation sites (tertiary alicyclic amines) is 1. The molecule has 2 aromatic heterocycles. The standard InChI is InChI=1S/C17H23N5OS/c1-12-8-13(2)10-22(9-12)15(23)11-24-17-20-19-16(21(17)3)14-4-6-18-7-5-14/h4-7,12-13H,8-11H2,1-3H3/t12-,13-/m1/s1. The molecule has 24 heavy (non-hydrogen) atoms. The van der Waals surface area contributed by atoms with Gasteiger partial charge in [-0.05, 0) is 30.4 Å². The van der Waals surface area contributed by atoms with E-state index in [0.717, 1.165) is 29.6 Å². The van der Waals surface area contributed by atoms with Crippen molar-refractivity contribution in [2.75, 3.05) is 18.8 Å². The van der Waals surface area contributed by atoms with Crippen LogP contribution in [-0.2, 0) is 11.8 Å². The molecule has 3 rings (SSSR count). The van der Waals surface area contributed by atoms with Crippen LogP contribution in [0.1, 0.15) is 20.3 Å². The molecule has 0 spiro atoms. The Balaban J connectivity index is 1.63. The molecule has 0 bridgehead atoms. The van der Waals surface area contributed by atoms with E-state index in [1.807, 2.05) is 28.6 Å². The molecule has 0 N–H and O–H groups in total. The minimum absolute atomic E-state index is 0.187. The first kappa shape index (κ1) is 17.0. The van der Waals surface area contributed by atoms with Crippen molar-refractivity contribution >= 4 is 17.7 Å². The summed E-state index contributed by atoms with van der Waals surface area (Å²) in [6, 6.07) is 3.81. The Labute approximate surface area is 146 Å². The van der Waals surface area contributed by atoms with Crippen molar-refractivity contribution in [1.29, 1.82) is 0 Å². The Kier molecular flexibility index (Phi) is 5.18. The molecule has 2 aromatic rings. The van der Waals surface area contributed by atoms with Crippen LogP contribution in [0.2, 0.25) is 0 Å². The average molecular weight is 345 g/mol. The van der Waals surface area contributed by atoms with Crippen molar-refractivity contribution in [2.24, 2.45) is 18.9 Å². The van der Waals surface area contributed by atoms with Crippen LogP contribution in [0.4, 0.5) is 0 Å². The second-order valence-corrected chi connectivity index (χ2v) is 7.58. The highest BCUT2D eigenvalue weighted by Crippen LogP contribution is 2.24. The number of thioether (sulfide) groups is 1. The highest BCUT2D eigenvalue weighted by Gasteiger charge is 2.25. The molecular weight excluding hydrogens is 322 g/mol. The third-order valence-corrected chi connectivity index (χ3v) is 5.32. The first-order valence-electron chi connectivity index (χ1n) is 8.25. The second kappa shape index (κ2) is 7.34. The van der Waals surface area contributed by atoms with Crippen molar-refractivity contribution in [3.63, 3.8) is 0 Å². The average Bonchev–Trinajstić information content (AvgIpc) is 2.93. The molecule has 1 fully saturated rings. The molecule has 0 aliphatic carbocycles. The minimum atomic E-state index is 0.187. The van der Waals surface area contributed by atoms with Crippen LogP contribution in [0.25, 0.3) is 11.4 Å². The molecule has 1 saturated heterocycles. The Bertz CT molecular complexity index is 692. The summed E-state index contributed by atoms with van der Waals surface area (Å²) in [4.78, 5) is 18.5. The van der Waals surface area contributed by atoms with E-state index in [1.165, 1.54) is 18.2 Å². The highest BCUT2D eigenvalue weighted by molar-refractivity contribution is 7.99. The number of carbonyl (C=O) groups excluding carboxylic acids is 1. The number of hydrogen-bond donors (Lipinski definition) is 0. The molecule has 0 saturated carbocycles. The summed E-state index contributed by atoms with van der Waals surface area (Å²) >= 11 is 1.45. The monoisotopic (exact) mass is 345 g/mol. The summed E-state index contributed by atoms with van der Waals surface area (Å²) < 4.78 is 1.93. The molecule has 1 aliphatic heterocycles. The third kappa shape index (κ3) is 3.77. The first-order chi connectivity index (χ1) is 11.5. The fourth-order valence-corrected chi connectivity index (χ4v) is 4.09. The molecule has 1 aliphatic rings. The van der Waals surface area contributed by atoms with Gasteiger partial charge in [0.25, 0.3) is 0 Å². The quantitative estimate of drug-likeness (QED) is 0.797. The molecule has 3 heterocycles. The van der Waals surface area contributed by atoms with Gasteiger partial charge >= 0.3 is 0 Å². The topological polar surface area (TPSA) is 63.9 Å². The summed E-state index contributed by atoms with van der Waals surface area (Å²) in [7, 11) is 1.92. The zero-order chi connectivity index (χ0) is 17.1. The first-order valence-corrected chi connectivity index (χ1v) is 9.23. The molecule has 128 valence electrons. The number of carbonyl (C=O) groups is 1. The van der Waals surface area contributed by atoms with Gasteiger partial charge in [0.1, 0.15) is 0 Å². The lowest BCUT2D eigenvalue weighted by atomic mass is 9.92. The van der Waals surface area contributed by atoms with E-state index in [1.54, 1.807) is 12.4 Å². The van der Waals surface area contributed by atoms with E-state index in [2.05, 4.69) is 29.0 Å². The maximum atomic E-state index is 12.5. The van der Waals surface area contributed by atoms with Crippen molar-refractivity contribution in [2.45, 2.75) is 25.4 Å². The lowest BCUT2D eigenvalue weighted by molar-refractivity contribution is -0.130. The molecule has 7 heteroatoms. The molecular formula is C17H23N5OS. The molecule has 0 unspecified atom stereocenters. The predicted molar refractivity (Wildman–Crippen MR) is 94.5 cm³/mol. The predicted octanol–water partition coefficient (Wildman–Crippen LogP) is 2.47. The number of pyridine rings is 1. The van der Waals surface area contributed by atoms with Gasteiger partial charge in [-0.1, -0.05) is 25.6 Å². The zero-order valence-corrected chi connectivity index (χ0v) is 15.2. The van der Waals surface area contributed by atoms with Crippen molar-refractivity contribution in [3.8, 4) is 11.4 Å². The van der Waals surface area contributed by atoms with Crippen LogP contribution in [0.15, 0.2) is 29.7 Å². The van der Waals surface area contributed by atoms with Gasteiger partial charge in [-0.25, -0.2) is 0 Å². The fraction of sp³-hybridized carbons (Fsp3) is 0.529. The second-order valence-electron chi connectivity index (χ2n) is 6.63. The van der Waals surface area contributed by atoms with Gasteiger partial charge in [-0.15, -0.1) is 10.2 Å². The van der Waals surface area contributed by atoms with E-state index in [4.69, 9.17) is 0 Å². The zero-order valence-electron chi connectivity index (χ0n) is 14.3. The van der Waals surface area contributed by atoms with Gasteiger partial charge in [0.2, 0.25) is 5.91 Å². The molecule has 6 nitrogen and oxygen atoms in total. The van der Waals surface area contributed by atoms with Gasteiger partial charge in [0.15, 0.2) is 11.0 Å². The maximum absolute atomic E-state index is 12.5. The number of nitrogens with zero attached hydrogens (tertiary/aromatic N) is 5. The summed E-state index contributed by atoms with van der Waals surface area (Å²) in [5, 5.41) is 9.22. The number of rotatable bonds is 4. The van der Waals surface area contributed by atoms with Gasteiger partial charge in [0.05, 0.1) is 5.75 Å². The number of amides is 1. The van der Waals surface area contributed by atoms with Crippen molar-refractivity contribution in [1.82, 2.24) is 24.6 Å². The van der Waals surface area contributed by atoms with Crippen LogP contribution in [0, 0.1) is 11.8 Å². The van der Waals surface area contributed by atoms with Crippen molar-refractivity contribution < 1.29 is 4.79 Å². The number of hydrogen-bond acceptors (Lipinski definition) is 5. The highest BCUT2D eigenvalue weighted by atomic mass is 32.2. The van der Waals surface area contributed by atoms with E-state index >= 15 is 0 Å². The van der Waals surface area contributed by atoms with E-state index in [9.17, 15) is 4.79 Å². The third-order valence-electron chi connectivity index (χ3n) is 4.32. The fourth-order valence-electron chi connectivity index (χ4n) is 3.28. The maximum Gasteiger partial charge on any atom is 0.233 e. The smallest absolute Gasteiger partial charge is 0.233 e. The van der Waals surface area contributed by atoms with E-state index in [-0.39, 0.29) is 5.91 Å². The summed E-state index contributed by atoms with van der Waals surface area (Å²) in [5.41, 5.74) is 0.969. The summed E-state index contributed by atoms with van der Waals surface area (Å²) in [5.74, 6) is 2.54. The van der Waals surface area contributed by atoms with Gasteiger partial charge in [-0.2, -0.15) is 0 Å². The van der Waals surface area contributed by atoms with Gasteiger partial charge < -0.3 is 9.47 Å². The van der Waals surface area contributed by atoms with Crippen molar-refractivity contribution in [3.05, 3.63) is 24.5 Å². The summed E-state index contributed by atoms with van der Waals surface area (Å²) in [6.45, 7) is 6.16. The Morgan fingerprint density at radius 2 is 1.88 bits per heavy atom. The lowest BCUT2D eigenvalue weighted by Crippen LogP contribution is -2.43. The normalized spacial score (nSPS) is 21.0. The van der Waals surface area contributed by atoms with E-state index < -0.39 is 0 Å². The number of piperidine rings is 1. The minimum Gasteiger partial charge on any atom is -0.341 e. The van der Waals surface area contributed by atoms with Gasteiger partial charge in [-0.3, -0.25) is 9.78 Å². The lowest BCUT2D eigenvalue weighted by Gasteiger charge is -2.34. The molecule has 1 amide bonds. The van der Waals surface area contributed by atoms with Crippen LogP contribution in [0.5, 0.6) is 0 Å². The number of aromatic nitrogens is 4. The molecule has 0 radical (unpaired) electrons. The summed E-state index contributed by atoms with van der Waals surface area (Å²) in [6.07, 6.45) is 4.67.